The zero-order valence-electron chi connectivity index (χ0n) is 17.6. The third-order valence-electron chi connectivity index (χ3n) is 6.17. The van der Waals surface area contributed by atoms with Crippen molar-refractivity contribution < 1.29 is 8.42 Å². The highest BCUT2D eigenvalue weighted by Gasteiger charge is 2.23. The third-order valence-corrected chi connectivity index (χ3v) is 8.04. The molecule has 1 saturated carbocycles. The quantitative estimate of drug-likeness (QED) is 0.687. The molecule has 1 aromatic carbocycles. The smallest absolute Gasteiger partial charge is 0.242 e. The van der Waals surface area contributed by atoms with E-state index in [4.69, 9.17) is 0 Å². The molecular formula is C22H33N3O2S. The van der Waals surface area contributed by atoms with Gasteiger partial charge < -0.3 is 0 Å². The van der Waals surface area contributed by atoms with Gasteiger partial charge >= 0.3 is 0 Å². The molecule has 1 heterocycles. The highest BCUT2D eigenvalue weighted by Crippen LogP contribution is 2.33. The molecule has 5 nitrogen and oxygen atoms in total. The van der Waals surface area contributed by atoms with Crippen molar-refractivity contribution >= 4 is 10.0 Å². The van der Waals surface area contributed by atoms with Crippen LogP contribution in [-0.2, 0) is 23.0 Å². The predicted molar refractivity (Wildman–Crippen MR) is 113 cm³/mol. The Morgan fingerprint density at radius 2 is 1.75 bits per heavy atom. The molecule has 6 heteroatoms. The summed E-state index contributed by atoms with van der Waals surface area (Å²) in [4.78, 5) is 0.382. The summed E-state index contributed by atoms with van der Waals surface area (Å²) in [6, 6.07) is 7.58. The molecule has 0 N–H and O–H groups in total. The fourth-order valence-electron chi connectivity index (χ4n) is 4.32. The molecule has 154 valence electrons. The van der Waals surface area contributed by atoms with Gasteiger partial charge in [0.15, 0.2) is 0 Å². The SMILES string of the molecule is CCn1nc(C)c(CCN(C)S(=O)(=O)c2ccc(C3CCCCC3)cc2)c1C. The molecule has 0 atom stereocenters. The van der Waals surface area contributed by atoms with Gasteiger partial charge in [-0.05, 0) is 69.2 Å². The van der Waals surface area contributed by atoms with Crippen LogP contribution in [0.1, 0.15) is 67.5 Å². The van der Waals surface area contributed by atoms with Gasteiger partial charge in [0.25, 0.3) is 0 Å². The van der Waals surface area contributed by atoms with Crippen LogP contribution in [0.25, 0.3) is 0 Å². The van der Waals surface area contributed by atoms with Gasteiger partial charge in [-0.25, -0.2) is 12.7 Å². The Labute approximate surface area is 169 Å². The zero-order valence-corrected chi connectivity index (χ0v) is 18.4. The Bertz CT molecular complexity index is 895. The molecule has 0 aliphatic heterocycles. The maximum absolute atomic E-state index is 13.0. The number of hydrogen-bond donors (Lipinski definition) is 0. The lowest BCUT2D eigenvalue weighted by atomic mass is 9.84. The Balaban J connectivity index is 1.69. The van der Waals surface area contributed by atoms with E-state index in [0.717, 1.165) is 23.5 Å². The van der Waals surface area contributed by atoms with Crippen molar-refractivity contribution in [1.29, 1.82) is 0 Å². The number of rotatable bonds is 7. The molecule has 0 saturated heterocycles. The van der Waals surface area contributed by atoms with E-state index in [1.165, 1.54) is 42.0 Å². The Morgan fingerprint density at radius 3 is 2.32 bits per heavy atom. The number of likely N-dealkylation sites (N-methyl/N-ethyl adjacent to an activating group) is 1. The molecule has 0 spiro atoms. The molecule has 28 heavy (non-hydrogen) atoms. The fourth-order valence-corrected chi connectivity index (χ4v) is 5.49. The van der Waals surface area contributed by atoms with Gasteiger partial charge in [0.2, 0.25) is 10.0 Å². The van der Waals surface area contributed by atoms with Crippen molar-refractivity contribution in [1.82, 2.24) is 14.1 Å². The summed E-state index contributed by atoms with van der Waals surface area (Å²) in [5.74, 6) is 0.587. The normalized spacial score (nSPS) is 16.0. The molecule has 0 radical (unpaired) electrons. The first-order chi connectivity index (χ1) is 13.3. The second-order valence-electron chi connectivity index (χ2n) is 7.95. The molecule has 3 rings (SSSR count). The standard InChI is InChI=1S/C22H33N3O2S/c1-5-25-18(3)22(17(2)23-25)15-16-24(4)28(26,27)21-13-11-20(12-14-21)19-9-7-6-8-10-19/h11-14,19H,5-10,15-16H2,1-4H3. The van der Waals surface area contributed by atoms with Gasteiger partial charge in [-0.3, -0.25) is 4.68 Å². The highest BCUT2D eigenvalue weighted by molar-refractivity contribution is 7.89. The summed E-state index contributed by atoms with van der Waals surface area (Å²) >= 11 is 0. The highest BCUT2D eigenvalue weighted by atomic mass is 32.2. The Morgan fingerprint density at radius 1 is 1.11 bits per heavy atom. The predicted octanol–water partition coefficient (Wildman–Crippen LogP) is 4.43. The Hall–Kier alpha value is -1.66. The van der Waals surface area contributed by atoms with E-state index < -0.39 is 10.0 Å². The molecule has 1 aromatic heterocycles. The first-order valence-electron chi connectivity index (χ1n) is 10.4. The van der Waals surface area contributed by atoms with Crippen molar-refractivity contribution in [3.05, 3.63) is 46.8 Å². The van der Waals surface area contributed by atoms with Crippen LogP contribution in [0.5, 0.6) is 0 Å². The monoisotopic (exact) mass is 403 g/mol. The van der Waals surface area contributed by atoms with Gasteiger partial charge in [0.05, 0.1) is 10.6 Å². The molecule has 2 aromatic rings. The first-order valence-corrected chi connectivity index (χ1v) is 11.9. The van der Waals surface area contributed by atoms with E-state index in [9.17, 15) is 8.42 Å². The van der Waals surface area contributed by atoms with Crippen LogP contribution in [0.4, 0.5) is 0 Å². The molecule has 1 aliphatic carbocycles. The van der Waals surface area contributed by atoms with Crippen LogP contribution < -0.4 is 0 Å². The van der Waals surface area contributed by atoms with Crippen LogP contribution in [0.3, 0.4) is 0 Å². The van der Waals surface area contributed by atoms with Gasteiger partial charge in [0.1, 0.15) is 0 Å². The van der Waals surface area contributed by atoms with E-state index in [1.54, 1.807) is 19.2 Å². The maximum Gasteiger partial charge on any atom is 0.242 e. The second kappa shape index (κ2) is 8.78. The number of sulfonamides is 1. The van der Waals surface area contributed by atoms with Crippen molar-refractivity contribution in [2.75, 3.05) is 13.6 Å². The van der Waals surface area contributed by atoms with Crippen LogP contribution in [-0.4, -0.2) is 36.1 Å². The minimum atomic E-state index is -3.47. The number of aryl methyl sites for hydroxylation is 2. The number of nitrogens with zero attached hydrogens (tertiary/aromatic N) is 3. The van der Waals surface area contributed by atoms with Gasteiger partial charge in [-0.2, -0.15) is 5.10 Å². The minimum Gasteiger partial charge on any atom is -0.270 e. The topological polar surface area (TPSA) is 55.2 Å². The molecule has 0 amide bonds. The summed E-state index contributed by atoms with van der Waals surface area (Å²) in [5, 5.41) is 4.53. The lowest BCUT2D eigenvalue weighted by molar-refractivity contribution is 0.443. The average Bonchev–Trinajstić information content (AvgIpc) is 2.99. The molecule has 0 bridgehead atoms. The number of aromatic nitrogens is 2. The molecular weight excluding hydrogens is 370 g/mol. The van der Waals surface area contributed by atoms with Gasteiger partial charge in [-0.15, -0.1) is 0 Å². The number of benzene rings is 1. The third kappa shape index (κ3) is 4.33. The summed E-state index contributed by atoms with van der Waals surface area (Å²) < 4.78 is 29.4. The second-order valence-corrected chi connectivity index (χ2v) is 9.99. The largest absolute Gasteiger partial charge is 0.270 e. The zero-order chi connectivity index (χ0) is 20.3. The van der Waals surface area contributed by atoms with Crippen LogP contribution in [0, 0.1) is 13.8 Å². The first kappa shape index (κ1) is 21.1. The number of hydrogen-bond acceptors (Lipinski definition) is 3. The van der Waals surface area contributed by atoms with Gasteiger partial charge in [0, 0.05) is 25.8 Å². The average molecular weight is 404 g/mol. The van der Waals surface area contributed by atoms with Crippen molar-refractivity contribution in [3.63, 3.8) is 0 Å². The van der Waals surface area contributed by atoms with E-state index in [0.29, 0.717) is 23.8 Å². The minimum absolute atomic E-state index is 0.382. The van der Waals surface area contributed by atoms with Crippen molar-refractivity contribution in [3.8, 4) is 0 Å². The Kier molecular flexibility index (Phi) is 6.61. The lowest BCUT2D eigenvalue weighted by Crippen LogP contribution is -2.29. The maximum atomic E-state index is 13.0. The summed E-state index contributed by atoms with van der Waals surface area (Å²) in [5.41, 5.74) is 4.54. The van der Waals surface area contributed by atoms with Crippen molar-refractivity contribution in [2.45, 2.75) is 76.7 Å². The summed E-state index contributed by atoms with van der Waals surface area (Å²) in [6.07, 6.45) is 6.99. The fraction of sp³-hybridized carbons (Fsp3) is 0.591. The molecule has 1 fully saturated rings. The van der Waals surface area contributed by atoms with Crippen LogP contribution >= 0.6 is 0 Å². The van der Waals surface area contributed by atoms with Gasteiger partial charge in [-0.1, -0.05) is 31.4 Å². The molecule has 1 aliphatic rings. The van der Waals surface area contributed by atoms with E-state index in [-0.39, 0.29) is 0 Å². The summed E-state index contributed by atoms with van der Waals surface area (Å²) in [7, 11) is -1.81. The van der Waals surface area contributed by atoms with E-state index in [1.807, 2.05) is 23.7 Å². The summed E-state index contributed by atoms with van der Waals surface area (Å²) in [6.45, 7) is 7.39. The van der Waals surface area contributed by atoms with E-state index in [2.05, 4.69) is 18.9 Å². The lowest BCUT2D eigenvalue weighted by Gasteiger charge is -2.22. The van der Waals surface area contributed by atoms with E-state index >= 15 is 0 Å². The van der Waals surface area contributed by atoms with Crippen LogP contribution in [0.15, 0.2) is 29.2 Å². The van der Waals surface area contributed by atoms with Crippen molar-refractivity contribution in [2.24, 2.45) is 0 Å². The molecule has 0 unspecified atom stereocenters. The van der Waals surface area contributed by atoms with Crippen LogP contribution in [0.2, 0.25) is 0 Å².